The molecule has 0 amide bonds. The summed E-state index contributed by atoms with van der Waals surface area (Å²) in [7, 11) is -3.90. The third kappa shape index (κ3) is 3.80. The van der Waals surface area contributed by atoms with Crippen LogP contribution in [0, 0.1) is 13.8 Å². The second-order valence-corrected chi connectivity index (χ2v) is 7.89. The van der Waals surface area contributed by atoms with E-state index in [2.05, 4.69) is 9.88 Å². The number of aryl methyl sites for hydroxylation is 2. The molecule has 6 nitrogen and oxygen atoms in total. The van der Waals surface area contributed by atoms with Gasteiger partial charge in [-0.15, -0.1) is 0 Å². The second kappa shape index (κ2) is 7.19. The number of nitrogens with zero attached hydrogens (tertiary/aromatic N) is 1. The number of halogens is 2. The lowest BCUT2D eigenvalue weighted by atomic mass is 10.3. The first kappa shape index (κ1) is 18.6. The molecular formula is C17H14Cl2N2O4S. The molecule has 9 heteroatoms. The predicted molar refractivity (Wildman–Crippen MR) is 99.8 cm³/mol. The number of para-hydroxylation sites is 2. The van der Waals surface area contributed by atoms with E-state index < -0.39 is 10.0 Å². The van der Waals surface area contributed by atoms with E-state index >= 15 is 0 Å². The molecule has 0 bridgehead atoms. The van der Waals surface area contributed by atoms with E-state index in [4.69, 9.17) is 32.5 Å². The van der Waals surface area contributed by atoms with Gasteiger partial charge in [-0.25, -0.2) is 8.42 Å². The van der Waals surface area contributed by atoms with Crippen LogP contribution in [-0.4, -0.2) is 13.6 Å². The van der Waals surface area contributed by atoms with Crippen LogP contribution in [0.15, 0.2) is 51.9 Å². The van der Waals surface area contributed by atoms with Gasteiger partial charge in [0.2, 0.25) is 0 Å². The molecule has 26 heavy (non-hydrogen) atoms. The zero-order valence-corrected chi connectivity index (χ0v) is 16.1. The highest BCUT2D eigenvalue weighted by Crippen LogP contribution is 2.36. The Hall–Kier alpha value is -2.22. The van der Waals surface area contributed by atoms with Crippen molar-refractivity contribution < 1.29 is 17.7 Å². The van der Waals surface area contributed by atoms with Crippen LogP contribution in [-0.2, 0) is 10.0 Å². The third-order valence-electron chi connectivity index (χ3n) is 3.48. The van der Waals surface area contributed by atoms with Gasteiger partial charge in [0.1, 0.15) is 11.4 Å². The van der Waals surface area contributed by atoms with E-state index in [9.17, 15) is 8.42 Å². The first-order chi connectivity index (χ1) is 12.3. The smallest absolute Gasteiger partial charge is 0.267 e. The molecule has 0 aliphatic heterocycles. The molecule has 0 fully saturated rings. The Morgan fingerprint density at radius 3 is 2.46 bits per heavy atom. The molecule has 1 aromatic heterocycles. The fourth-order valence-corrected chi connectivity index (χ4v) is 4.22. The van der Waals surface area contributed by atoms with Crippen molar-refractivity contribution in [3.8, 4) is 11.5 Å². The van der Waals surface area contributed by atoms with Gasteiger partial charge in [0.25, 0.3) is 10.0 Å². The Kier molecular flexibility index (Phi) is 5.13. The van der Waals surface area contributed by atoms with Gasteiger partial charge in [0.05, 0.1) is 10.7 Å². The van der Waals surface area contributed by atoms with Crippen LogP contribution in [0.1, 0.15) is 11.5 Å². The topological polar surface area (TPSA) is 81.4 Å². The summed E-state index contributed by atoms with van der Waals surface area (Å²) < 4.78 is 38.6. The van der Waals surface area contributed by atoms with E-state index in [-0.39, 0.29) is 27.8 Å². The first-order valence-electron chi connectivity index (χ1n) is 7.45. The molecule has 0 unspecified atom stereocenters. The molecule has 3 aromatic rings. The van der Waals surface area contributed by atoms with E-state index in [1.54, 1.807) is 43.3 Å². The number of anilines is 1. The third-order valence-corrected chi connectivity index (χ3v) is 5.62. The van der Waals surface area contributed by atoms with Crippen LogP contribution in [0.4, 0.5) is 5.69 Å². The maximum atomic E-state index is 12.7. The van der Waals surface area contributed by atoms with Crippen molar-refractivity contribution in [3.63, 3.8) is 0 Å². The van der Waals surface area contributed by atoms with Gasteiger partial charge >= 0.3 is 0 Å². The molecule has 1 N–H and O–H groups in total. The SMILES string of the molecule is Cc1noc(C)c1S(=O)(=O)Nc1ccccc1Oc1ccc(Cl)cc1Cl. The first-order valence-corrected chi connectivity index (χ1v) is 9.69. The Morgan fingerprint density at radius 1 is 1.08 bits per heavy atom. The number of hydrogen-bond donors (Lipinski definition) is 1. The number of sulfonamides is 1. The summed E-state index contributed by atoms with van der Waals surface area (Å²) in [6.07, 6.45) is 0. The Bertz CT molecular complexity index is 1040. The number of hydrogen-bond acceptors (Lipinski definition) is 5. The number of benzene rings is 2. The summed E-state index contributed by atoms with van der Waals surface area (Å²) in [5.74, 6) is 0.834. The van der Waals surface area contributed by atoms with Crippen molar-refractivity contribution in [2.24, 2.45) is 0 Å². The zero-order chi connectivity index (χ0) is 18.9. The van der Waals surface area contributed by atoms with E-state index in [0.717, 1.165) is 0 Å². The minimum atomic E-state index is -3.90. The maximum absolute atomic E-state index is 12.7. The van der Waals surface area contributed by atoms with Gasteiger partial charge in [-0.1, -0.05) is 40.5 Å². The van der Waals surface area contributed by atoms with Crippen molar-refractivity contribution in [2.45, 2.75) is 18.7 Å². The molecule has 136 valence electrons. The monoisotopic (exact) mass is 412 g/mol. The number of nitrogens with one attached hydrogen (secondary N) is 1. The highest BCUT2D eigenvalue weighted by atomic mass is 35.5. The summed E-state index contributed by atoms with van der Waals surface area (Å²) in [6.45, 7) is 3.09. The van der Waals surface area contributed by atoms with Gasteiger partial charge in [-0.2, -0.15) is 0 Å². The summed E-state index contributed by atoms with van der Waals surface area (Å²) in [6, 6.07) is 11.4. The molecule has 0 radical (unpaired) electrons. The van der Waals surface area contributed by atoms with Gasteiger partial charge in [-0.05, 0) is 44.2 Å². The average Bonchev–Trinajstić information content (AvgIpc) is 2.91. The molecule has 0 spiro atoms. The number of ether oxygens (including phenoxy) is 1. The molecule has 0 aliphatic carbocycles. The molecule has 0 saturated heterocycles. The second-order valence-electron chi connectivity index (χ2n) is 5.43. The molecule has 3 rings (SSSR count). The Balaban J connectivity index is 1.95. The highest BCUT2D eigenvalue weighted by molar-refractivity contribution is 7.92. The van der Waals surface area contributed by atoms with Crippen molar-refractivity contribution in [1.29, 1.82) is 0 Å². The van der Waals surface area contributed by atoms with E-state index in [0.29, 0.717) is 15.8 Å². The molecule has 0 aliphatic rings. The van der Waals surface area contributed by atoms with Crippen LogP contribution in [0.3, 0.4) is 0 Å². The predicted octanol–water partition coefficient (Wildman–Crippen LogP) is 5.19. The van der Waals surface area contributed by atoms with Crippen LogP contribution in [0.5, 0.6) is 11.5 Å². The van der Waals surface area contributed by atoms with Crippen molar-refractivity contribution in [2.75, 3.05) is 4.72 Å². The fraction of sp³-hybridized carbons (Fsp3) is 0.118. The Morgan fingerprint density at radius 2 is 1.81 bits per heavy atom. The van der Waals surface area contributed by atoms with Crippen LogP contribution in [0.2, 0.25) is 10.0 Å². The zero-order valence-electron chi connectivity index (χ0n) is 13.8. The Labute approximate surface area is 160 Å². The largest absolute Gasteiger partial charge is 0.454 e. The highest BCUT2D eigenvalue weighted by Gasteiger charge is 2.25. The van der Waals surface area contributed by atoms with Crippen molar-refractivity contribution >= 4 is 38.9 Å². The summed E-state index contributed by atoms with van der Waals surface area (Å²) >= 11 is 12.0. The molecule has 0 atom stereocenters. The number of rotatable bonds is 5. The van der Waals surface area contributed by atoms with Gasteiger partial charge in [-0.3, -0.25) is 4.72 Å². The van der Waals surface area contributed by atoms with Crippen LogP contribution < -0.4 is 9.46 Å². The molecule has 0 saturated carbocycles. The van der Waals surface area contributed by atoms with Crippen molar-refractivity contribution in [3.05, 3.63) is 64.0 Å². The standard InChI is InChI=1S/C17H14Cl2N2O4S/c1-10-17(11(2)25-20-10)26(22,23)21-14-5-3-4-6-16(14)24-15-8-7-12(18)9-13(15)19/h3-9,21H,1-2H3. The van der Waals surface area contributed by atoms with Gasteiger partial charge in [0.15, 0.2) is 16.4 Å². The minimum absolute atomic E-state index is 0.00294. The maximum Gasteiger partial charge on any atom is 0.267 e. The van der Waals surface area contributed by atoms with E-state index in [1.807, 2.05) is 0 Å². The minimum Gasteiger partial charge on any atom is -0.454 e. The van der Waals surface area contributed by atoms with Crippen LogP contribution >= 0.6 is 23.2 Å². The lowest BCUT2D eigenvalue weighted by Crippen LogP contribution is -2.15. The normalized spacial score (nSPS) is 11.4. The average molecular weight is 413 g/mol. The quantitative estimate of drug-likeness (QED) is 0.623. The summed E-state index contributed by atoms with van der Waals surface area (Å²) in [5, 5.41) is 4.45. The van der Waals surface area contributed by atoms with Crippen LogP contribution in [0.25, 0.3) is 0 Å². The molecule has 1 heterocycles. The lowest BCUT2D eigenvalue weighted by Gasteiger charge is -2.14. The summed E-state index contributed by atoms with van der Waals surface area (Å²) in [4.78, 5) is -0.00294. The summed E-state index contributed by atoms with van der Waals surface area (Å²) in [5.41, 5.74) is 0.521. The molecular weight excluding hydrogens is 399 g/mol. The van der Waals surface area contributed by atoms with Gasteiger partial charge < -0.3 is 9.26 Å². The van der Waals surface area contributed by atoms with E-state index in [1.165, 1.54) is 13.0 Å². The van der Waals surface area contributed by atoms with Crippen molar-refractivity contribution in [1.82, 2.24) is 5.16 Å². The number of aromatic nitrogens is 1. The fourth-order valence-electron chi connectivity index (χ4n) is 2.37. The lowest BCUT2D eigenvalue weighted by molar-refractivity contribution is 0.390. The van der Waals surface area contributed by atoms with Gasteiger partial charge in [0, 0.05) is 5.02 Å². The molecule has 2 aromatic carbocycles.